The number of rotatable bonds is 3. The number of amides is 1. The third kappa shape index (κ3) is 3.37. The second-order valence-electron chi connectivity index (χ2n) is 6.77. The van der Waals surface area contributed by atoms with E-state index in [2.05, 4.69) is 5.32 Å². The van der Waals surface area contributed by atoms with Crippen LogP contribution in [-0.2, 0) is 0 Å². The summed E-state index contributed by atoms with van der Waals surface area (Å²) in [5.41, 5.74) is 5.70. The minimum absolute atomic E-state index is 0.163. The molecule has 0 saturated heterocycles. The lowest BCUT2D eigenvalue weighted by Gasteiger charge is -2.14. The van der Waals surface area contributed by atoms with Gasteiger partial charge in [0.1, 0.15) is 0 Å². The number of carbonyl (C=O) groups excluding carboxylic acids is 1. The average Bonchev–Trinajstić information content (AvgIpc) is 2.70. The van der Waals surface area contributed by atoms with Gasteiger partial charge in [-0.3, -0.25) is 4.79 Å². The zero-order chi connectivity index (χ0) is 19.7. The SMILES string of the molecule is Cc1cccc(C)c1NC(=O)c1cc(-c2ccccc2Cl)nc2ccccc12. The molecule has 4 aromatic rings. The van der Waals surface area contributed by atoms with Gasteiger partial charge in [-0.25, -0.2) is 4.98 Å². The van der Waals surface area contributed by atoms with Crippen LogP contribution in [0.3, 0.4) is 0 Å². The molecule has 1 N–H and O–H groups in total. The number of aromatic nitrogens is 1. The van der Waals surface area contributed by atoms with Crippen LogP contribution in [0.15, 0.2) is 72.8 Å². The number of pyridine rings is 1. The highest BCUT2D eigenvalue weighted by molar-refractivity contribution is 6.33. The molecule has 1 heterocycles. The van der Waals surface area contributed by atoms with Gasteiger partial charge in [0.15, 0.2) is 0 Å². The molecule has 0 aliphatic rings. The van der Waals surface area contributed by atoms with Gasteiger partial charge >= 0.3 is 0 Å². The van der Waals surface area contributed by atoms with Crippen molar-refractivity contribution in [2.75, 3.05) is 5.32 Å². The summed E-state index contributed by atoms with van der Waals surface area (Å²) < 4.78 is 0. The molecule has 3 nitrogen and oxygen atoms in total. The number of halogens is 1. The molecule has 1 aromatic heterocycles. The molecule has 4 rings (SSSR count). The Kier molecular flexibility index (Phi) is 4.84. The number of nitrogens with one attached hydrogen (secondary N) is 1. The summed E-state index contributed by atoms with van der Waals surface area (Å²) >= 11 is 6.37. The van der Waals surface area contributed by atoms with E-state index in [9.17, 15) is 4.79 Å². The maximum Gasteiger partial charge on any atom is 0.256 e. The largest absolute Gasteiger partial charge is 0.321 e. The molecule has 138 valence electrons. The van der Waals surface area contributed by atoms with Crippen molar-refractivity contribution in [2.45, 2.75) is 13.8 Å². The molecule has 0 spiro atoms. The summed E-state index contributed by atoms with van der Waals surface area (Å²) in [6.07, 6.45) is 0. The molecule has 4 heteroatoms. The van der Waals surface area contributed by atoms with E-state index in [0.717, 1.165) is 33.3 Å². The number of hydrogen-bond acceptors (Lipinski definition) is 2. The summed E-state index contributed by atoms with van der Waals surface area (Å²) in [6, 6.07) is 22.9. The number of benzene rings is 3. The molecular formula is C24H19ClN2O. The first kappa shape index (κ1) is 18.2. The van der Waals surface area contributed by atoms with Crippen LogP contribution in [0.25, 0.3) is 22.2 Å². The molecule has 1 amide bonds. The van der Waals surface area contributed by atoms with Crippen molar-refractivity contribution in [3.05, 3.63) is 94.5 Å². The smallest absolute Gasteiger partial charge is 0.256 e. The van der Waals surface area contributed by atoms with Crippen LogP contribution in [0.2, 0.25) is 5.02 Å². The molecule has 3 aromatic carbocycles. The van der Waals surface area contributed by atoms with E-state index in [1.54, 1.807) is 0 Å². The number of carbonyl (C=O) groups is 1. The Bertz CT molecular complexity index is 1180. The Hall–Kier alpha value is -3.17. The molecule has 0 unspecified atom stereocenters. The van der Waals surface area contributed by atoms with E-state index in [1.807, 2.05) is 86.6 Å². The molecule has 0 saturated carbocycles. The van der Waals surface area contributed by atoms with E-state index >= 15 is 0 Å². The lowest BCUT2D eigenvalue weighted by molar-refractivity contribution is 0.102. The zero-order valence-corrected chi connectivity index (χ0v) is 16.4. The first-order chi connectivity index (χ1) is 13.5. The predicted molar refractivity (Wildman–Crippen MR) is 116 cm³/mol. The number of nitrogens with zero attached hydrogens (tertiary/aromatic N) is 1. The van der Waals surface area contributed by atoms with Gasteiger partial charge in [0.05, 0.1) is 16.8 Å². The Morgan fingerprint density at radius 2 is 1.57 bits per heavy atom. The maximum absolute atomic E-state index is 13.2. The van der Waals surface area contributed by atoms with Crippen LogP contribution in [0.4, 0.5) is 5.69 Å². The van der Waals surface area contributed by atoms with Crippen molar-refractivity contribution in [1.29, 1.82) is 0 Å². The minimum Gasteiger partial charge on any atom is -0.321 e. The second-order valence-corrected chi connectivity index (χ2v) is 7.18. The van der Waals surface area contributed by atoms with Crippen LogP contribution < -0.4 is 5.32 Å². The highest BCUT2D eigenvalue weighted by Crippen LogP contribution is 2.30. The Morgan fingerprint density at radius 3 is 2.32 bits per heavy atom. The maximum atomic E-state index is 13.2. The zero-order valence-electron chi connectivity index (χ0n) is 15.7. The molecular weight excluding hydrogens is 368 g/mol. The van der Waals surface area contributed by atoms with Gasteiger partial charge in [0.2, 0.25) is 0 Å². The Balaban J connectivity index is 1.86. The van der Waals surface area contributed by atoms with Gasteiger partial charge in [-0.2, -0.15) is 0 Å². The summed E-state index contributed by atoms with van der Waals surface area (Å²) in [5, 5.41) is 4.49. The summed E-state index contributed by atoms with van der Waals surface area (Å²) in [4.78, 5) is 18.0. The van der Waals surface area contributed by atoms with E-state index in [0.29, 0.717) is 16.3 Å². The fraction of sp³-hybridized carbons (Fsp3) is 0.0833. The van der Waals surface area contributed by atoms with Crippen LogP contribution in [0.5, 0.6) is 0 Å². The lowest BCUT2D eigenvalue weighted by atomic mass is 10.0. The highest BCUT2D eigenvalue weighted by atomic mass is 35.5. The molecule has 28 heavy (non-hydrogen) atoms. The van der Waals surface area contributed by atoms with Crippen LogP contribution >= 0.6 is 11.6 Å². The monoisotopic (exact) mass is 386 g/mol. The number of para-hydroxylation sites is 2. The number of hydrogen-bond donors (Lipinski definition) is 1. The van der Waals surface area contributed by atoms with Gasteiger partial charge in [-0.05, 0) is 43.2 Å². The molecule has 0 radical (unpaired) electrons. The fourth-order valence-electron chi connectivity index (χ4n) is 3.36. The third-order valence-corrected chi connectivity index (χ3v) is 5.16. The summed E-state index contributed by atoms with van der Waals surface area (Å²) in [7, 11) is 0. The second kappa shape index (κ2) is 7.45. The van der Waals surface area contributed by atoms with Crippen LogP contribution in [0, 0.1) is 13.8 Å². The van der Waals surface area contributed by atoms with Gasteiger partial charge in [0.25, 0.3) is 5.91 Å². The van der Waals surface area contributed by atoms with Gasteiger partial charge < -0.3 is 5.32 Å². The van der Waals surface area contributed by atoms with Crippen LogP contribution in [0.1, 0.15) is 21.5 Å². The van der Waals surface area contributed by atoms with Gasteiger partial charge in [-0.1, -0.05) is 66.2 Å². The van der Waals surface area contributed by atoms with Crippen molar-refractivity contribution in [1.82, 2.24) is 4.98 Å². The summed E-state index contributed by atoms with van der Waals surface area (Å²) in [6.45, 7) is 3.98. The van der Waals surface area contributed by atoms with E-state index in [4.69, 9.17) is 16.6 Å². The molecule has 0 bridgehead atoms. The predicted octanol–water partition coefficient (Wildman–Crippen LogP) is 6.42. The number of anilines is 1. The van der Waals surface area contributed by atoms with Crippen molar-refractivity contribution >= 4 is 34.1 Å². The quantitative estimate of drug-likeness (QED) is 0.441. The number of fused-ring (bicyclic) bond motifs is 1. The third-order valence-electron chi connectivity index (χ3n) is 4.83. The Labute approximate surface area is 169 Å². The normalized spacial score (nSPS) is 10.8. The minimum atomic E-state index is -0.163. The van der Waals surface area contributed by atoms with Crippen molar-refractivity contribution in [3.63, 3.8) is 0 Å². The molecule has 0 aliphatic heterocycles. The van der Waals surface area contributed by atoms with Gasteiger partial charge in [-0.15, -0.1) is 0 Å². The lowest BCUT2D eigenvalue weighted by Crippen LogP contribution is -2.15. The molecule has 0 fully saturated rings. The van der Waals surface area contributed by atoms with Crippen LogP contribution in [-0.4, -0.2) is 10.9 Å². The highest BCUT2D eigenvalue weighted by Gasteiger charge is 2.16. The van der Waals surface area contributed by atoms with Crippen molar-refractivity contribution in [2.24, 2.45) is 0 Å². The first-order valence-electron chi connectivity index (χ1n) is 9.07. The molecule has 0 atom stereocenters. The van der Waals surface area contributed by atoms with E-state index in [-0.39, 0.29) is 5.91 Å². The first-order valence-corrected chi connectivity index (χ1v) is 9.44. The topological polar surface area (TPSA) is 42.0 Å². The van der Waals surface area contributed by atoms with E-state index < -0.39 is 0 Å². The Morgan fingerprint density at radius 1 is 0.893 bits per heavy atom. The van der Waals surface area contributed by atoms with E-state index in [1.165, 1.54) is 0 Å². The molecule has 0 aliphatic carbocycles. The van der Waals surface area contributed by atoms with Crippen molar-refractivity contribution in [3.8, 4) is 11.3 Å². The van der Waals surface area contributed by atoms with Crippen molar-refractivity contribution < 1.29 is 4.79 Å². The summed E-state index contributed by atoms with van der Waals surface area (Å²) in [5.74, 6) is -0.163. The number of aryl methyl sites for hydroxylation is 2. The average molecular weight is 387 g/mol. The fourth-order valence-corrected chi connectivity index (χ4v) is 3.60. The van der Waals surface area contributed by atoms with Gasteiger partial charge in [0, 0.05) is 21.7 Å². The standard InChI is InChI=1S/C24H19ClN2O/c1-15-8-7-9-16(2)23(15)27-24(28)19-14-22(18-11-3-5-12-20(18)25)26-21-13-6-4-10-17(19)21/h3-14H,1-2H3,(H,27,28).